The summed E-state index contributed by atoms with van der Waals surface area (Å²) in [4.78, 5) is 0. The second-order valence-electron chi connectivity index (χ2n) is 3.63. The third-order valence-electron chi connectivity index (χ3n) is 2.36. The van der Waals surface area contributed by atoms with E-state index in [9.17, 15) is 0 Å². The Hall–Kier alpha value is -0.470. The van der Waals surface area contributed by atoms with Gasteiger partial charge in [-0.05, 0) is 31.0 Å². The first-order valence-corrected chi connectivity index (χ1v) is 6.15. The first kappa shape index (κ1) is 11.6. The maximum absolute atomic E-state index is 5.51. The molecule has 2 N–H and O–H groups in total. The summed E-state index contributed by atoms with van der Waals surface area (Å²) in [7, 11) is 0. The fourth-order valence-electron chi connectivity index (χ4n) is 1.32. The SMILES string of the molecule is Cc1ccccc1CSC(C)CCN. The van der Waals surface area contributed by atoms with Crippen LogP contribution >= 0.6 is 11.8 Å². The minimum atomic E-state index is 0.666. The topological polar surface area (TPSA) is 26.0 Å². The summed E-state index contributed by atoms with van der Waals surface area (Å²) in [6, 6.07) is 8.57. The smallest absolute Gasteiger partial charge is 0.0189 e. The van der Waals surface area contributed by atoms with Crippen molar-refractivity contribution in [1.82, 2.24) is 0 Å². The zero-order valence-corrected chi connectivity index (χ0v) is 9.81. The molecule has 0 aliphatic heterocycles. The first-order valence-electron chi connectivity index (χ1n) is 5.10. The van der Waals surface area contributed by atoms with Crippen LogP contribution in [0.4, 0.5) is 0 Å². The summed E-state index contributed by atoms with van der Waals surface area (Å²) in [6.45, 7) is 5.21. The van der Waals surface area contributed by atoms with Crippen molar-refractivity contribution >= 4 is 11.8 Å². The minimum Gasteiger partial charge on any atom is -0.330 e. The maximum Gasteiger partial charge on any atom is 0.0189 e. The van der Waals surface area contributed by atoms with Gasteiger partial charge < -0.3 is 5.73 Å². The predicted octanol–water partition coefficient (Wildman–Crippen LogP) is 2.97. The normalized spacial score (nSPS) is 12.8. The van der Waals surface area contributed by atoms with Crippen LogP contribution in [0.3, 0.4) is 0 Å². The van der Waals surface area contributed by atoms with E-state index in [0.29, 0.717) is 5.25 Å². The molecule has 0 heterocycles. The van der Waals surface area contributed by atoms with Crippen molar-refractivity contribution in [2.75, 3.05) is 6.54 Å². The molecule has 2 heteroatoms. The van der Waals surface area contributed by atoms with E-state index in [1.807, 2.05) is 11.8 Å². The molecule has 0 saturated carbocycles. The molecule has 1 aromatic rings. The molecule has 0 bridgehead atoms. The van der Waals surface area contributed by atoms with Gasteiger partial charge in [-0.15, -0.1) is 0 Å². The van der Waals surface area contributed by atoms with Crippen LogP contribution in [0, 0.1) is 6.92 Å². The molecule has 14 heavy (non-hydrogen) atoms. The Morgan fingerprint density at radius 2 is 2.07 bits per heavy atom. The van der Waals surface area contributed by atoms with E-state index in [-0.39, 0.29) is 0 Å². The highest BCUT2D eigenvalue weighted by Crippen LogP contribution is 2.21. The molecule has 0 aromatic heterocycles. The Morgan fingerprint density at radius 1 is 1.36 bits per heavy atom. The molecule has 1 nitrogen and oxygen atoms in total. The standard InChI is InChI=1S/C12H19NS/c1-10-5-3-4-6-12(10)9-14-11(2)7-8-13/h3-6,11H,7-9,13H2,1-2H3. The second-order valence-corrected chi connectivity index (χ2v) is 5.05. The van der Waals surface area contributed by atoms with Crippen LogP contribution in [0.25, 0.3) is 0 Å². The summed E-state index contributed by atoms with van der Waals surface area (Å²) < 4.78 is 0. The highest BCUT2D eigenvalue weighted by atomic mass is 32.2. The van der Waals surface area contributed by atoms with Crippen LogP contribution in [0.15, 0.2) is 24.3 Å². The van der Waals surface area contributed by atoms with Crippen LogP contribution in [-0.2, 0) is 5.75 Å². The average Bonchev–Trinajstić information content (AvgIpc) is 2.17. The maximum atomic E-state index is 5.51. The molecule has 1 rings (SSSR count). The minimum absolute atomic E-state index is 0.666. The number of hydrogen-bond acceptors (Lipinski definition) is 2. The highest BCUT2D eigenvalue weighted by Gasteiger charge is 2.03. The number of thioether (sulfide) groups is 1. The lowest BCUT2D eigenvalue weighted by atomic mass is 10.1. The van der Waals surface area contributed by atoms with E-state index in [1.165, 1.54) is 11.1 Å². The van der Waals surface area contributed by atoms with Gasteiger partial charge in [-0.2, -0.15) is 11.8 Å². The summed E-state index contributed by atoms with van der Waals surface area (Å²) in [6.07, 6.45) is 1.11. The number of benzene rings is 1. The van der Waals surface area contributed by atoms with Crippen LogP contribution in [0.2, 0.25) is 0 Å². The van der Waals surface area contributed by atoms with Crippen molar-refractivity contribution in [3.8, 4) is 0 Å². The molecule has 78 valence electrons. The van der Waals surface area contributed by atoms with E-state index in [4.69, 9.17) is 5.73 Å². The summed E-state index contributed by atoms with van der Waals surface area (Å²) >= 11 is 1.99. The molecule has 1 atom stereocenters. The molecule has 0 spiro atoms. The van der Waals surface area contributed by atoms with Gasteiger partial charge in [0.1, 0.15) is 0 Å². The molecular weight excluding hydrogens is 190 g/mol. The molecule has 0 fully saturated rings. The lowest BCUT2D eigenvalue weighted by Crippen LogP contribution is -2.07. The van der Waals surface area contributed by atoms with Gasteiger partial charge in [0.2, 0.25) is 0 Å². The zero-order valence-electron chi connectivity index (χ0n) is 8.99. The molecule has 0 amide bonds. The lowest BCUT2D eigenvalue weighted by molar-refractivity contribution is 0.823. The van der Waals surface area contributed by atoms with Gasteiger partial charge in [-0.3, -0.25) is 0 Å². The average molecular weight is 209 g/mol. The number of hydrogen-bond donors (Lipinski definition) is 1. The van der Waals surface area contributed by atoms with Gasteiger partial charge in [0, 0.05) is 11.0 Å². The third-order valence-corrected chi connectivity index (χ3v) is 3.64. The Morgan fingerprint density at radius 3 is 2.71 bits per heavy atom. The molecule has 1 aromatic carbocycles. The quantitative estimate of drug-likeness (QED) is 0.807. The Kier molecular flexibility index (Phi) is 5.05. The zero-order chi connectivity index (χ0) is 10.4. The van der Waals surface area contributed by atoms with E-state index in [1.54, 1.807) is 0 Å². The molecule has 0 aliphatic carbocycles. The van der Waals surface area contributed by atoms with Crippen molar-refractivity contribution in [1.29, 1.82) is 0 Å². The first-order chi connectivity index (χ1) is 6.74. The Labute approximate surface area is 91.1 Å². The van der Waals surface area contributed by atoms with Gasteiger partial charge in [-0.1, -0.05) is 31.2 Å². The van der Waals surface area contributed by atoms with E-state index in [0.717, 1.165) is 18.7 Å². The molecule has 0 radical (unpaired) electrons. The van der Waals surface area contributed by atoms with Crippen molar-refractivity contribution in [3.63, 3.8) is 0 Å². The van der Waals surface area contributed by atoms with Crippen LogP contribution in [-0.4, -0.2) is 11.8 Å². The summed E-state index contributed by atoms with van der Waals surface area (Å²) in [5.41, 5.74) is 8.35. The van der Waals surface area contributed by atoms with E-state index < -0.39 is 0 Å². The number of aryl methyl sites for hydroxylation is 1. The number of nitrogens with two attached hydrogens (primary N) is 1. The van der Waals surface area contributed by atoms with Gasteiger partial charge in [0.15, 0.2) is 0 Å². The van der Waals surface area contributed by atoms with Crippen molar-refractivity contribution < 1.29 is 0 Å². The summed E-state index contributed by atoms with van der Waals surface area (Å²) in [5.74, 6) is 1.10. The Bertz CT molecular complexity index is 273. The molecule has 1 unspecified atom stereocenters. The highest BCUT2D eigenvalue weighted by molar-refractivity contribution is 7.99. The van der Waals surface area contributed by atoms with E-state index in [2.05, 4.69) is 38.1 Å². The van der Waals surface area contributed by atoms with Crippen LogP contribution < -0.4 is 5.73 Å². The molecular formula is C12H19NS. The second kappa shape index (κ2) is 6.10. The monoisotopic (exact) mass is 209 g/mol. The van der Waals surface area contributed by atoms with E-state index >= 15 is 0 Å². The predicted molar refractivity (Wildman–Crippen MR) is 65.6 cm³/mol. The van der Waals surface area contributed by atoms with Crippen LogP contribution in [0.1, 0.15) is 24.5 Å². The Balaban J connectivity index is 2.41. The number of rotatable bonds is 5. The molecule has 0 aliphatic rings. The fraction of sp³-hybridized carbons (Fsp3) is 0.500. The van der Waals surface area contributed by atoms with Crippen LogP contribution in [0.5, 0.6) is 0 Å². The largest absolute Gasteiger partial charge is 0.330 e. The van der Waals surface area contributed by atoms with Gasteiger partial charge in [-0.25, -0.2) is 0 Å². The lowest BCUT2D eigenvalue weighted by Gasteiger charge is -2.10. The summed E-state index contributed by atoms with van der Waals surface area (Å²) in [5, 5.41) is 0.666. The van der Waals surface area contributed by atoms with Gasteiger partial charge in [0.25, 0.3) is 0 Å². The van der Waals surface area contributed by atoms with Gasteiger partial charge in [0.05, 0.1) is 0 Å². The van der Waals surface area contributed by atoms with Crippen molar-refractivity contribution in [2.45, 2.75) is 31.3 Å². The third kappa shape index (κ3) is 3.72. The van der Waals surface area contributed by atoms with Crippen molar-refractivity contribution in [3.05, 3.63) is 35.4 Å². The fourth-order valence-corrected chi connectivity index (χ4v) is 2.41. The van der Waals surface area contributed by atoms with Crippen molar-refractivity contribution in [2.24, 2.45) is 5.73 Å². The van der Waals surface area contributed by atoms with Gasteiger partial charge >= 0.3 is 0 Å². The molecule has 0 saturated heterocycles.